The van der Waals surface area contributed by atoms with Crippen LogP contribution in [0, 0.1) is 0 Å². The maximum atomic E-state index is 13.8. The Labute approximate surface area is 190 Å². The summed E-state index contributed by atoms with van der Waals surface area (Å²) in [6.45, 7) is 4.85. The maximum absolute atomic E-state index is 13.8. The van der Waals surface area contributed by atoms with Gasteiger partial charge in [-0.2, -0.15) is 0 Å². The molecule has 0 bridgehead atoms. The third kappa shape index (κ3) is 3.35. The molecule has 0 unspecified atom stereocenters. The highest BCUT2D eigenvalue weighted by atomic mass is 35.5. The fraction of sp³-hybridized carbons (Fsp3) is 0.280. The van der Waals surface area contributed by atoms with E-state index < -0.39 is 0 Å². The molecule has 0 aliphatic heterocycles. The van der Waals surface area contributed by atoms with Crippen LogP contribution in [-0.2, 0) is 13.0 Å². The van der Waals surface area contributed by atoms with Crippen molar-refractivity contribution in [1.82, 2.24) is 24.1 Å². The van der Waals surface area contributed by atoms with Crippen molar-refractivity contribution in [2.24, 2.45) is 0 Å². The second-order valence-electron chi connectivity index (χ2n) is 7.94. The Morgan fingerprint density at radius 3 is 2.28 bits per heavy atom. The van der Waals surface area contributed by atoms with E-state index in [2.05, 4.69) is 6.92 Å². The number of benzene rings is 2. The molecule has 0 spiro atoms. The Morgan fingerprint density at radius 1 is 0.875 bits per heavy atom. The van der Waals surface area contributed by atoms with Crippen molar-refractivity contribution in [2.45, 2.75) is 46.1 Å². The zero-order valence-corrected chi connectivity index (χ0v) is 18.9. The van der Waals surface area contributed by atoms with E-state index in [0.717, 1.165) is 41.8 Å². The van der Waals surface area contributed by atoms with Gasteiger partial charge in [0, 0.05) is 23.7 Å². The van der Waals surface area contributed by atoms with Crippen molar-refractivity contribution in [3.8, 4) is 5.69 Å². The average Bonchev–Trinajstić information content (AvgIpc) is 3.12. The largest absolute Gasteiger partial charge is 0.296 e. The first kappa shape index (κ1) is 20.6. The van der Waals surface area contributed by atoms with E-state index in [0.29, 0.717) is 40.2 Å². The smallest absolute Gasteiger partial charge is 0.265 e. The van der Waals surface area contributed by atoms with E-state index in [9.17, 15) is 4.79 Å². The first-order valence-corrected chi connectivity index (χ1v) is 11.5. The number of para-hydroxylation sites is 2. The highest BCUT2D eigenvalue weighted by Gasteiger charge is 2.22. The lowest BCUT2D eigenvalue weighted by molar-refractivity contribution is 0.560. The highest BCUT2D eigenvalue weighted by Crippen LogP contribution is 2.29. The maximum Gasteiger partial charge on any atom is 0.265 e. The number of hydrogen-bond acceptors (Lipinski definition) is 4. The van der Waals surface area contributed by atoms with Gasteiger partial charge in [-0.1, -0.05) is 50.4 Å². The molecule has 2 aromatic carbocycles. The van der Waals surface area contributed by atoms with Crippen molar-refractivity contribution in [1.29, 1.82) is 0 Å². The summed E-state index contributed by atoms with van der Waals surface area (Å²) in [5.41, 5.74) is 4.12. The van der Waals surface area contributed by atoms with Crippen LogP contribution in [0.25, 0.3) is 38.9 Å². The highest BCUT2D eigenvalue weighted by molar-refractivity contribution is 6.30. The van der Waals surface area contributed by atoms with Crippen LogP contribution in [-0.4, -0.2) is 24.1 Å². The Bertz CT molecular complexity index is 1500. The monoisotopic (exact) mass is 445 g/mol. The van der Waals surface area contributed by atoms with Crippen molar-refractivity contribution in [2.75, 3.05) is 0 Å². The molecule has 0 aliphatic carbocycles. The van der Waals surface area contributed by atoms with Crippen LogP contribution < -0.4 is 5.56 Å². The van der Waals surface area contributed by atoms with Gasteiger partial charge in [0.15, 0.2) is 11.3 Å². The molecule has 3 aromatic heterocycles. The Kier molecular flexibility index (Phi) is 5.39. The molecule has 3 heterocycles. The third-order valence-electron chi connectivity index (χ3n) is 5.83. The number of nitrogens with zero attached hydrogens (tertiary/aromatic N) is 5. The van der Waals surface area contributed by atoms with Crippen LogP contribution >= 0.6 is 11.6 Å². The molecule has 0 saturated carbocycles. The molecule has 6 nitrogen and oxygen atoms in total. The second kappa shape index (κ2) is 8.36. The molecule has 0 N–H and O–H groups in total. The lowest BCUT2D eigenvalue weighted by Gasteiger charge is -2.12. The third-order valence-corrected chi connectivity index (χ3v) is 6.08. The minimum atomic E-state index is -0.0507. The van der Waals surface area contributed by atoms with Crippen molar-refractivity contribution < 1.29 is 0 Å². The number of unbranched alkanes of at least 4 members (excludes halogenated alkanes) is 2. The fourth-order valence-corrected chi connectivity index (χ4v) is 4.35. The van der Waals surface area contributed by atoms with Crippen LogP contribution in [0.2, 0.25) is 5.02 Å². The molecule has 7 heteroatoms. The summed E-state index contributed by atoms with van der Waals surface area (Å²) in [6, 6.07) is 15.2. The number of rotatable bonds is 6. The summed E-state index contributed by atoms with van der Waals surface area (Å²) < 4.78 is 3.75. The van der Waals surface area contributed by atoms with Gasteiger partial charge in [0.1, 0.15) is 16.7 Å². The molecule has 162 valence electrons. The topological polar surface area (TPSA) is 65.6 Å². The predicted molar refractivity (Wildman–Crippen MR) is 130 cm³/mol. The number of fused-ring (bicyclic) bond motifs is 4. The van der Waals surface area contributed by atoms with Gasteiger partial charge in [-0.05, 0) is 42.8 Å². The van der Waals surface area contributed by atoms with Crippen LogP contribution in [0.1, 0.15) is 38.9 Å². The van der Waals surface area contributed by atoms with Crippen molar-refractivity contribution >= 4 is 44.8 Å². The SMILES string of the molecule is CCCCCn1c(CC)nc2c(c1=O)c1nc3ccccc3nc1n2-c1ccc(Cl)cc1. The van der Waals surface area contributed by atoms with Crippen LogP contribution in [0.15, 0.2) is 53.3 Å². The van der Waals surface area contributed by atoms with E-state index in [1.807, 2.05) is 64.6 Å². The predicted octanol–water partition coefficient (Wildman–Crippen LogP) is 5.69. The lowest BCUT2D eigenvalue weighted by Crippen LogP contribution is -2.25. The Hall–Kier alpha value is -3.25. The number of halogens is 1. The molecule has 0 amide bonds. The molecule has 0 fully saturated rings. The molecule has 0 radical (unpaired) electrons. The number of aromatic nitrogens is 5. The lowest BCUT2D eigenvalue weighted by atomic mass is 10.2. The minimum absolute atomic E-state index is 0.0507. The van der Waals surface area contributed by atoms with E-state index in [1.165, 1.54) is 0 Å². The summed E-state index contributed by atoms with van der Waals surface area (Å²) in [5.74, 6) is 0.779. The summed E-state index contributed by atoms with van der Waals surface area (Å²) in [5, 5.41) is 1.16. The van der Waals surface area contributed by atoms with Gasteiger partial charge in [0.2, 0.25) is 0 Å². The van der Waals surface area contributed by atoms with E-state index >= 15 is 0 Å². The average molecular weight is 446 g/mol. The molecule has 0 aliphatic rings. The standard InChI is InChI=1S/C25H24ClN5O/c1-3-5-8-15-30-20(4-2)29-23-21(25(30)32)22-24(28-19-10-7-6-9-18(19)27-22)31(23)17-13-11-16(26)12-14-17/h6-7,9-14H,3-5,8,15H2,1-2H3. The van der Waals surface area contributed by atoms with Crippen LogP contribution in [0.4, 0.5) is 0 Å². The molecule has 0 saturated heterocycles. The number of aryl methyl sites for hydroxylation is 1. The van der Waals surface area contributed by atoms with Gasteiger partial charge < -0.3 is 0 Å². The van der Waals surface area contributed by atoms with Gasteiger partial charge in [-0.3, -0.25) is 13.9 Å². The fourth-order valence-electron chi connectivity index (χ4n) is 4.23. The molecule has 32 heavy (non-hydrogen) atoms. The Balaban J connectivity index is 1.91. The first-order valence-electron chi connectivity index (χ1n) is 11.1. The van der Waals surface area contributed by atoms with Crippen molar-refractivity contribution in [3.05, 3.63) is 69.7 Å². The molecule has 5 rings (SSSR count). The van der Waals surface area contributed by atoms with E-state index in [1.54, 1.807) is 0 Å². The summed E-state index contributed by atoms with van der Waals surface area (Å²) in [4.78, 5) is 28.5. The molecular formula is C25H24ClN5O. The summed E-state index contributed by atoms with van der Waals surface area (Å²) in [7, 11) is 0. The second-order valence-corrected chi connectivity index (χ2v) is 8.38. The van der Waals surface area contributed by atoms with E-state index in [-0.39, 0.29) is 5.56 Å². The van der Waals surface area contributed by atoms with Crippen LogP contribution in [0.5, 0.6) is 0 Å². The van der Waals surface area contributed by atoms with Crippen molar-refractivity contribution in [3.63, 3.8) is 0 Å². The number of hydrogen-bond donors (Lipinski definition) is 0. The van der Waals surface area contributed by atoms with Gasteiger partial charge in [0.25, 0.3) is 5.56 Å². The molecular weight excluding hydrogens is 422 g/mol. The Morgan fingerprint density at radius 2 is 1.59 bits per heavy atom. The normalized spacial score (nSPS) is 11.7. The quantitative estimate of drug-likeness (QED) is 0.315. The molecule has 0 atom stereocenters. The summed E-state index contributed by atoms with van der Waals surface area (Å²) >= 11 is 6.14. The first-order chi connectivity index (χ1) is 15.6. The van der Waals surface area contributed by atoms with Crippen LogP contribution in [0.3, 0.4) is 0 Å². The zero-order chi connectivity index (χ0) is 22.2. The zero-order valence-electron chi connectivity index (χ0n) is 18.2. The van der Waals surface area contributed by atoms with Gasteiger partial charge >= 0.3 is 0 Å². The summed E-state index contributed by atoms with van der Waals surface area (Å²) in [6.07, 6.45) is 3.78. The van der Waals surface area contributed by atoms with Gasteiger partial charge in [-0.15, -0.1) is 0 Å². The van der Waals surface area contributed by atoms with E-state index in [4.69, 9.17) is 26.6 Å². The minimum Gasteiger partial charge on any atom is -0.296 e. The van der Waals surface area contributed by atoms with Gasteiger partial charge in [-0.25, -0.2) is 15.0 Å². The molecule has 5 aromatic rings. The van der Waals surface area contributed by atoms with Gasteiger partial charge in [0.05, 0.1) is 11.0 Å².